The van der Waals surface area contributed by atoms with E-state index in [4.69, 9.17) is 4.74 Å². The second-order valence-corrected chi connectivity index (χ2v) is 6.25. The minimum Gasteiger partial charge on any atom is -0.491 e. The molecule has 0 aliphatic rings. The summed E-state index contributed by atoms with van der Waals surface area (Å²) in [4.78, 5) is 20.8. The van der Waals surface area contributed by atoms with Crippen LogP contribution in [0.4, 0.5) is 11.4 Å². The van der Waals surface area contributed by atoms with Gasteiger partial charge in [-0.3, -0.25) is 9.78 Å². The van der Waals surface area contributed by atoms with Crippen molar-refractivity contribution in [2.24, 2.45) is 0 Å². The number of carbonyl (C=O) groups is 1. The summed E-state index contributed by atoms with van der Waals surface area (Å²) in [5.74, 6) is 0.508. The molecule has 0 radical (unpaired) electrons. The largest absolute Gasteiger partial charge is 0.491 e. The first-order valence-corrected chi connectivity index (χ1v) is 8.78. The zero-order valence-electron chi connectivity index (χ0n) is 15.3. The second kappa shape index (κ2) is 8.80. The topological polar surface area (TPSA) is 76.1 Å². The van der Waals surface area contributed by atoms with Crippen molar-refractivity contribution in [1.29, 1.82) is 0 Å². The number of nitrogens with zero attached hydrogens (tertiary/aromatic N) is 2. The van der Waals surface area contributed by atoms with Crippen LogP contribution >= 0.6 is 0 Å². The number of amides is 1. The zero-order chi connectivity index (χ0) is 19.1. The van der Waals surface area contributed by atoms with Crippen molar-refractivity contribution in [3.8, 4) is 5.75 Å². The molecule has 3 rings (SSSR count). The van der Waals surface area contributed by atoms with Gasteiger partial charge in [0.1, 0.15) is 11.4 Å². The Bertz CT molecular complexity index is 863. The number of nitrogens with one attached hydrogen (secondary N) is 2. The van der Waals surface area contributed by atoms with Crippen molar-refractivity contribution in [2.45, 2.75) is 26.5 Å². The first-order valence-electron chi connectivity index (χ1n) is 8.78. The highest BCUT2D eigenvalue weighted by atomic mass is 16.5. The Labute approximate surface area is 158 Å². The molecule has 2 aromatic heterocycles. The Balaban J connectivity index is 1.55. The SMILES string of the molecule is CC(C)Oc1ccc(NC(=O)c2ccc(NCc3ccccn3)cn2)cc1. The Morgan fingerprint density at radius 1 is 1.00 bits per heavy atom. The summed E-state index contributed by atoms with van der Waals surface area (Å²) >= 11 is 0. The summed E-state index contributed by atoms with van der Waals surface area (Å²) in [7, 11) is 0. The molecule has 0 saturated heterocycles. The number of benzene rings is 1. The fourth-order valence-electron chi connectivity index (χ4n) is 2.41. The predicted octanol–water partition coefficient (Wildman–Crippen LogP) is 4.13. The van der Waals surface area contributed by atoms with E-state index >= 15 is 0 Å². The number of aromatic nitrogens is 2. The highest BCUT2D eigenvalue weighted by Gasteiger charge is 2.08. The lowest BCUT2D eigenvalue weighted by Gasteiger charge is -2.11. The van der Waals surface area contributed by atoms with Crippen LogP contribution in [0.2, 0.25) is 0 Å². The van der Waals surface area contributed by atoms with Gasteiger partial charge in [0.25, 0.3) is 5.91 Å². The molecule has 2 heterocycles. The Morgan fingerprint density at radius 2 is 1.78 bits per heavy atom. The van der Waals surface area contributed by atoms with Crippen LogP contribution in [0.5, 0.6) is 5.75 Å². The molecule has 0 aliphatic carbocycles. The number of ether oxygens (including phenoxy) is 1. The van der Waals surface area contributed by atoms with Crippen molar-refractivity contribution < 1.29 is 9.53 Å². The van der Waals surface area contributed by atoms with Gasteiger partial charge in [-0.25, -0.2) is 4.98 Å². The molecule has 6 nitrogen and oxygen atoms in total. The minimum absolute atomic E-state index is 0.111. The summed E-state index contributed by atoms with van der Waals surface area (Å²) in [5.41, 5.74) is 2.80. The molecular formula is C21H22N4O2. The fraction of sp³-hybridized carbons (Fsp3) is 0.190. The third-order valence-corrected chi connectivity index (χ3v) is 3.68. The Morgan fingerprint density at radius 3 is 2.41 bits per heavy atom. The molecule has 1 aromatic carbocycles. The van der Waals surface area contributed by atoms with E-state index in [1.807, 2.05) is 50.2 Å². The third kappa shape index (κ3) is 5.54. The molecule has 0 spiro atoms. The van der Waals surface area contributed by atoms with Crippen molar-refractivity contribution in [3.05, 3.63) is 78.4 Å². The van der Waals surface area contributed by atoms with E-state index in [0.717, 1.165) is 17.1 Å². The zero-order valence-corrected chi connectivity index (χ0v) is 15.3. The minimum atomic E-state index is -0.260. The van der Waals surface area contributed by atoms with Gasteiger partial charge < -0.3 is 15.4 Å². The smallest absolute Gasteiger partial charge is 0.274 e. The molecule has 1 amide bonds. The molecule has 0 aliphatic heterocycles. The van der Waals surface area contributed by atoms with Crippen LogP contribution in [-0.4, -0.2) is 22.0 Å². The van der Waals surface area contributed by atoms with E-state index in [1.54, 1.807) is 30.6 Å². The molecule has 0 saturated carbocycles. The van der Waals surface area contributed by atoms with Crippen LogP contribution in [0.3, 0.4) is 0 Å². The van der Waals surface area contributed by atoms with Crippen molar-refractivity contribution in [2.75, 3.05) is 10.6 Å². The Kier molecular flexibility index (Phi) is 5.99. The van der Waals surface area contributed by atoms with Gasteiger partial charge in [-0.1, -0.05) is 6.07 Å². The number of hydrogen-bond donors (Lipinski definition) is 2. The number of anilines is 2. The van der Waals surface area contributed by atoms with E-state index in [-0.39, 0.29) is 12.0 Å². The normalized spacial score (nSPS) is 10.5. The van der Waals surface area contributed by atoms with Crippen LogP contribution in [0, 0.1) is 0 Å². The van der Waals surface area contributed by atoms with E-state index in [2.05, 4.69) is 20.6 Å². The molecule has 0 unspecified atom stereocenters. The number of pyridine rings is 2. The Hall–Kier alpha value is -3.41. The molecule has 6 heteroatoms. The number of rotatable bonds is 7. The average molecular weight is 362 g/mol. The van der Waals surface area contributed by atoms with Crippen LogP contribution in [-0.2, 0) is 6.54 Å². The molecule has 2 N–H and O–H groups in total. The van der Waals surface area contributed by atoms with E-state index < -0.39 is 0 Å². The summed E-state index contributed by atoms with van der Waals surface area (Å²) < 4.78 is 5.59. The lowest BCUT2D eigenvalue weighted by Crippen LogP contribution is -2.14. The lowest BCUT2D eigenvalue weighted by molar-refractivity contribution is 0.102. The molecule has 0 atom stereocenters. The second-order valence-electron chi connectivity index (χ2n) is 6.25. The van der Waals surface area contributed by atoms with Gasteiger partial charge in [-0.2, -0.15) is 0 Å². The summed E-state index contributed by atoms with van der Waals surface area (Å²) in [6.07, 6.45) is 3.50. The van der Waals surface area contributed by atoms with Gasteiger partial charge in [0.05, 0.1) is 30.2 Å². The molecule has 3 aromatic rings. The maximum Gasteiger partial charge on any atom is 0.274 e. The van der Waals surface area contributed by atoms with Crippen LogP contribution in [0.25, 0.3) is 0 Å². The lowest BCUT2D eigenvalue weighted by atomic mass is 10.2. The van der Waals surface area contributed by atoms with E-state index in [1.165, 1.54) is 0 Å². The van der Waals surface area contributed by atoms with Crippen molar-refractivity contribution >= 4 is 17.3 Å². The highest BCUT2D eigenvalue weighted by molar-refractivity contribution is 6.02. The quantitative estimate of drug-likeness (QED) is 0.661. The summed E-state index contributed by atoms with van der Waals surface area (Å²) in [6.45, 7) is 4.53. The van der Waals surface area contributed by atoms with Crippen LogP contribution in [0.15, 0.2) is 67.0 Å². The van der Waals surface area contributed by atoms with Gasteiger partial charge in [-0.15, -0.1) is 0 Å². The van der Waals surface area contributed by atoms with Gasteiger partial charge in [-0.05, 0) is 62.4 Å². The monoisotopic (exact) mass is 362 g/mol. The number of carbonyl (C=O) groups excluding carboxylic acids is 1. The molecular weight excluding hydrogens is 340 g/mol. The maximum atomic E-state index is 12.3. The number of hydrogen-bond acceptors (Lipinski definition) is 5. The standard InChI is InChI=1S/C21H22N4O2/c1-15(2)27-19-9-6-16(7-10-19)25-21(26)20-11-8-18(14-24-20)23-13-17-5-3-4-12-22-17/h3-12,14-15,23H,13H2,1-2H3,(H,25,26). The van der Waals surface area contributed by atoms with Crippen molar-refractivity contribution in [3.63, 3.8) is 0 Å². The van der Waals surface area contributed by atoms with Crippen LogP contribution in [0.1, 0.15) is 30.0 Å². The maximum absolute atomic E-state index is 12.3. The third-order valence-electron chi connectivity index (χ3n) is 3.68. The van der Waals surface area contributed by atoms with E-state index in [0.29, 0.717) is 17.9 Å². The summed E-state index contributed by atoms with van der Waals surface area (Å²) in [6, 6.07) is 16.5. The fourth-order valence-corrected chi connectivity index (χ4v) is 2.41. The average Bonchev–Trinajstić information content (AvgIpc) is 2.69. The van der Waals surface area contributed by atoms with Crippen molar-refractivity contribution in [1.82, 2.24) is 9.97 Å². The van der Waals surface area contributed by atoms with Gasteiger partial charge in [0, 0.05) is 11.9 Å². The van der Waals surface area contributed by atoms with Gasteiger partial charge in [0.2, 0.25) is 0 Å². The van der Waals surface area contributed by atoms with Gasteiger partial charge in [0.15, 0.2) is 0 Å². The van der Waals surface area contributed by atoms with E-state index in [9.17, 15) is 4.79 Å². The molecule has 0 bridgehead atoms. The van der Waals surface area contributed by atoms with Crippen LogP contribution < -0.4 is 15.4 Å². The molecule has 138 valence electrons. The first-order chi connectivity index (χ1) is 13.1. The molecule has 0 fully saturated rings. The first kappa shape index (κ1) is 18.4. The predicted molar refractivity (Wildman–Crippen MR) is 106 cm³/mol. The summed E-state index contributed by atoms with van der Waals surface area (Å²) in [5, 5.41) is 6.06. The molecule has 27 heavy (non-hydrogen) atoms. The highest BCUT2D eigenvalue weighted by Crippen LogP contribution is 2.17. The van der Waals surface area contributed by atoms with Gasteiger partial charge >= 0.3 is 0 Å².